The molecule has 23 heavy (non-hydrogen) atoms. The van der Waals surface area contributed by atoms with Crippen molar-refractivity contribution in [1.82, 2.24) is 10.3 Å². The second-order valence-electron chi connectivity index (χ2n) is 6.20. The van der Waals surface area contributed by atoms with Crippen LogP contribution in [0, 0.1) is 5.92 Å². The Hall–Kier alpha value is -1.36. The van der Waals surface area contributed by atoms with Gasteiger partial charge in [-0.15, -0.1) is 24.8 Å². The van der Waals surface area contributed by atoms with E-state index in [1.165, 1.54) is 0 Å². The smallest absolute Gasteiger partial charge is 0.253 e. The van der Waals surface area contributed by atoms with Crippen LogP contribution in [0.2, 0.25) is 0 Å². The van der Waals surface area contributed by atoms with Crippen molar-refractivity contribution < 1.29 is 4.79 Å². The van der Waals surface area contributed by atoms with Crippen LogP contribution in [0.3, 0.4) is 0 Å². The average Bonchev–Trinajstić information content (AvgIpc) is 2.45. The van der Waals surface area contributed by atoms with Crippen LogP contribution in [0.15, 0.2) is 36.5 Å². The van der Waals surface area contributed by atoms with Crippen molar-refractivity contribution in [3.63, 3.8) is 0 Å². The number of nitrogens with zero attached hydrogens (tertiary/aromatic N) is 1. The van der Waals surface area contributed by atoms with Gasteiger partial charge < -0.3 is 11.1 Å². The van der Waals surface area contributed by atoms with Crippen LogP contribution in [0.1, 0.15) is 37.6 Å². The van der Waals surface area contributed by atoms with Crippen molar-refractivity contribution in [1.29, 1.82) is 0 Å². The van der Waals surface area contributed by atoms with Gasteiger partial charge in [0, 0.05) is 23.7 Å². The Morgan fingerprint density at radius 1 is 1.26 bits per heavy atom. The fraction of sp³-hybridized carbons (Fsp3) is 0.412. The topological polar surface area (TPSA) is 68.0 Å². The van der Waals surface area contributed by atoms with Gasteiger partial charge in [-0.3, -0.25) is 9.78 Å². The van der Waals surface area contributed by atoms with Gasteiger partial charge in [0.2, 0.25) is 0 Å². The molecule has 0 saturated carbocycles. The Labute approximate surface area is 150 Å². The molecule has 1 heterocycles. The largest absolute Gasteiger partial charge is 0.346 e. The van der Waals surface area contributed by atoms with Crippen LogP contribution >= 0.6 is 24.8 Å². The van der Waals surface area contributed by atoms with Gasteiger partial charge in [-0.2, -0.15) is 0 Å². The van der Waals surface area contributed by atoms with E-state index < -0.39 is 5.54 Å². The molecule has 0 fully saturated rings. The molecule has 1 atom stereocenters. The van der Waals surface area contributed by atoms with Gasteiger partial charge in [0.15, 0.2) is 0 Å². The minimum Gasteiger partial charge on any atom is -0.346 e. The second-order valence-corrected chi connectivity index (χ2v) is 6.20. The second kappa shape index (κ2) is 9.06. The molecule has 0 aliphatic heterocycles. The van der Waals surface area contributed by atoms with Crippen molar-refractivity contribution in [2.45, 2.75) is 32.7 Å². The molecule has 0 radical (unpaired) electrons. The predicted molar refractivity (Wildman–Crippen MR) is 101 cm³/mol. The first-order chi connectivity index (χ1) is 9.95. The highest BCUT2D eigenvalue weighted by atomic mass is 35.5. The van der Waals surface area contributed by atoms with E-state index in [1.54, 1.807) is 12.3 Å². The van der Waals surface area contributed by atoms with E-state index in [-0.39, 0.29) is 30.7 Å². The maximum absolute atomic E-state index is 12.6. The summed E-state index contributed by atoms with van der Waals surface area (Å²) in [6.45, 7) is 6.65. The fourth-order valence-electron chi connectivity index (χ4n) is 2.72. The van der Waals surface area contributed by atoms with E-state index in [4.69, 9.17) is 5.73 Å². The maximum atomic E-state index is 12.6. The lowest BCUT2D eigenvalue weighted by molar-refractivity contribution is 0.0900. The van der Waals surface area contributed by atoms with Crippen LogP contribution in [-0.4, -0.2) is 23.0 Å². The summed E-state index contributed by atoms with van der Waals surface area (Å²) < 4.78 is 0. The summed E-state index contributed by atoms with van der Waals surface area (Å²) in [5, 5.41) is 4.04. The Morgan fingerprint density at radius 2 is 1.91 bits per heavy atom. The van der Waals surface area contributed by atoms with Crippen LogP contribution in [0.5, 0.6) is 0 Å². The third-order valence-electron chi connectivity index (χ3n) is 3.60. The summed E-state index contributed by atoms with van der Waals surface area (Å²) in [4.78, 5) is 16.9. The summed E-state index contributed by atoms with van der Waals surface area (Å²) >= 11 is 0. The molecule has 1 amide bonds. The number of carbonyl (C=O) groups is 1. The minimum atomic E-state index is -0.401. The number of aromatic nitrogens is 1. The average molecular weight is 358 g/mol. The molecule has 0 saturated heterocycles. The van der Waals surface area contributed by atoms with Crippen molar-refractivity contribution in [3.05, 3.63) is 42.1 Å². The SMILES string of the molecule is CC(C)CC(C)(CN)NC(=O)c1cccc2cccnc12.Cl.Cl. The number of nitrogens with one attached hydrogen (secondary N) is 1. The van der Waals surface area contributed by atoms with Crippen molar-refractivity contribution in [2.75, 3.05) is 6.54 Å². The summed E-state index contributed by atoms with van der Waals surface area (Å²) in [6.07, 6.45) is 2.54. The van der Waals surface area contributed by atoms with Gasteiger partial charge in [0.25, 0.3) is 5.91 Å². The monoisotopic (exact) mass is 357 g/mol. The Bertz CT molecular complexity index is 643. The van der Waals surface area contributed by atoms with E-state index in [9.17, 15) is 4.79 Å². The van der Waals surface area contributed by atoms with Gasteiger partial charge in [-0.05, 0) is 31.4 Å². The number of hydrogen-bond donors (Lipinski definition) is 2. The molecule has 0 aliphatic rings. The standard InChI is InChI=1S/C17H23N3O.2ClH/c1-12(2)10-17(3,11-18)20-16(21)14-8-4-6-13-7-5-9-19-15(13)14;;/h4-9,12H,10-11,18H2,1-3H3,(H,20,21);2*1H. The first-order valence-electron chi connectivity index (χ1n) is 7.31. The van der Waals surface area contributed by atoms with E-state index in [2.05, 4.69) is 24.1 Å². The minimum absolute atomic E-state index is 0. The number of fused-ring (bicyclic) bond motifs is 1. The molecule has 1 aromatic carbocycles. The highest BCUT2D eigenvalue weighted by Gasteiger charge is 2.27. The number of hydrogen-bond acceptors (Lipinski definition) is 3. The fourth-order valence-corrected chi connectivity index (χ4v) is 2.72. The molecule has 0 aliphatic carbocycles. The number of benzene rings is 1. The lowest BCUT2D eigenvalue weighted by Gasteiger charge is -2.31. The van der Waals surface area contributed by atoms with Crippen LogP contribution in [-0.2, 0) is 0 Å². The molecule has 2 rings (SSSR count). The van der Waals surface area contributed by atoms with E-state index in [1.807, 2.05) is 31.2 Å². The normalized spacial score (nSPS) is 12.9. The molecule has 3 N–H and O–H groups in total. The number of nitrogens with two attached hydrogens (primary N) is 1. The zero-order chi connectivity index (χ0) is 15.5. The van der Waals surface area contributed by atoms with Gasteiger partial charge in [-0.25, -0.2) is 0 Å². The molecule has 0 bridgehead atoms. The number of amides is 1. The van der Waals surface area contributed by atoms with E-state index in [0.29, 0.717) is 18.0 Å². The summed E-state index contributed by atoms with van der Waals surface area (Å²) in [5.74, 6) is 0.345. The Kier molecular flexibility index (Phi) is 8.53. The van der Waals surface area contributed by atoms with Gasteiger partial charge in [-0.1, -0.05) is 32.0 Å². The number of rotatable bonds is 5. The number of halogens is 2. The molecule has 0 spiro atoms. The maximum Gasteiger partial charge on any atom is 0.253 e. The lowest BCUT2D eigenvalue weighted by atomic mass is 9.90. The highest BCUT2D eigenvalue weighted by Crippen LogP contribution is 2.19. The summed E-state index contributed by atoms with van der Waals surface area (Å²) in [7, 11) is 0. The van der Waals surface area contributed by atoms with Gasteiger partial charge >= 0.3 is 0 Å². The first-order valence-corrected chi connectivity index (χ1v) is 7.31. The molecule has 1 unspecified atom stereocenters. The third-order valence-corrected chi connectivity index (χ3v) is 3.60. The van der Waals surface area contributed by atoms with Crippen molar-refractivity contribution in [3.8, 4) is 0 Å². The Morgan fingerprint density at radius 3 is 2.52 bits per heavy atom. The first kappa shape index (κ1) is 21.6. The summed E-state index contributed by atoms with van der Waals surface area (Å²) in [5.41, 5.74) is 6.78. The molecule has 6 heteroatoms. The van der Waals surface area contributed by atoms with Crippen molar-refractivity contribution >= 4 is 41.6 Å². The van der Waals surface area contributed by atoms with E-state index >= 15 is 0 Å². The van der Waals surface area contributed by atoms with Crippen molar-refractivity contribution in [2.24, 2.45) is 11.7 Å². The molecule has 2 aromatic rings. The van der Waals surface area contributed by atoms with Crippen LogP contribution in [0.25, 0.3) is 10.9 Å². The van der Waals surface area contributed by atoms with E-state index in [0.717, 1.165) is 17.3 Å². The molecular weight excluding hydrogens is 333 g/mol. The zero-order valence-corrected chi connectivity index (χ0v) is 15.3. The number of pyridine rings is 1. The molecular formula is C17H25Cl2N3O. The summed E-state index contributed by atoms with van der Waals surface area (Å²) in [6, 6.07) is 9.45. The van der Waals surface area contributed by atoms with Gasteiger partial charge in [0.05, 0.1) is 11.1 Å². The zero-order valence-electron chi connectivity index (χ0n) is 13.7. The number of para-hydroxylation sites is 1. The molecule has 128 valence electrons. The van der Waals surface area contributed by atoms with Crippen LogP contribution < -0.4 is 11.1 Å². The quantitative estimate of drug-likeness (QED) is 0.859. The third kappa shape index (κ3) is 5.34. The number of carbonyl (C=O) groups excluding carboxylic acids is 1. The highest BCUT2D eigenvalue weighted by molar-refractivity contribution is 6.05. The molecule has 1 aromatic heterocycles. The van der Waals surface area contributed by atoms with Crippen LogP contribution in [0.4, 0.5) is 0 Å². The predicted octanol–water partition coefficient (Wildman–Crippen LogP) is 3.57. The lowest BCUT2D eigenvalue weighted by Crippen LogP contribution is -2.52. The van der Waals surface area contributed by atoms with Gasteiger partial charge in [0.1, 0.15) is 0 Å². The molecule has 4 nitrogen and oxygen atoms in total. The Balaban J connectivity index is 0.00000242.